The van der Waals surface area contributed by atoms with Crippen LogP contribution >= 0.6 is 0 Å². The third-order valence-electron chi connectivity index (χ3n) is 7.41. The predicted octanol–water partition coefficient (Wildman–Crippen LogP) is 6.14. The molecule has 0 spiro atoms. The zero-order chi connectivity index (χ0) is 26.2. The molecule has 5 heteroatoms. The molecule has 0 heterocycles. The van der Waals surface area contributed by atoms with Crippen molar-refractivity contribution in [2.24, 2.45) is 5.92 Å². The first kappa shape index (κ1) is 30.3. The molecule has 202 valence electrons. The van der Waals surface area contributed by atoms with Gasteiger partial charge in [0, 0.05) is 6.42 Å². The van der Waals surface area contributed by atoms with Crippen LogP contribution in [-0.2, 0) is 17.6 Å². The minimum Gasteiger partial charge on any atom is -0.481 e. The summed E-state index contributed by atoms with van der Waals surface area (Å²) >= 11 is 0. The summed E-state index contributed by atoms with van der Waals surface area (Å²) in [6.45, 7) is 1.90. The van der Waals surface area contributed by atoms with Crippen LogP contribution < -0.4 is 0 Å². The van der Waals surface area contributed by atoms with Crippen molar-refractivity contribution in [3.8, 4) is 0 Å². The number of aryl methyl sites for hydroxylation is 2. The molecule has 5 nitrogen and oxygen atoms in total. The molecule has 0 bridgehead atoms. The average molecular weight is 501 g/mol. The summed E-state index contributed by atoms with van der Waals surface area (Å²) in [5, 5.41) is 39.4. The van der Waals surface area contributed by atoms with Crippen LogP contribution in [-0.4, -0.2) is 45.2 Å². The van der Waals surface area contributed by atoms with Crippen LogP contribution in [0.1, 0.15) is 102 Å². The first-order valence-corrected chi connectivity index (χ1v) is 14.1. The highest BCUT2D eigenvalue weighted by Gasteiger charge is 2.19. The number of aliphatic hydroxyl groups excluding tert-OH is 3. The first-order valence-electron chi connectivity index (χ1n) is 14.1. The Balaban J connectivity index is 2.27. The first-order chi connectivity index (χ1) is 17.4. The van der Waals surface area contributed by atoms with Gasteiger partial charge in [-0.3, -0.25) is 4.79 Å². The monoisotopic (exact) mass is 500 g/mol. The van der Waals surface area contributed by atoms with E-state index in [0.29, 0.717) is 18.8 Å². The van der Waals surface area contributed by atoms with Crippen LogP contribution in [0.2, 0.25) is 0 Å². The second-order valence-electron chi connectivity index (χ2n) is 10.5. The second-order valence-corrected chi connectivity index (χ2v) is 10.5. The van der Waals surface area contributed by atoms with E-state index in [-0.39, 0.29) is 13.0 Å². The summed E-state index contributed by atoms with van der Waals surface area (Å²) in [5.41, 5.74) is 5.11. The van der Waals surface area contributed by atoms with E-state index in [2.05, 4.69) is 37.3 Å². The summed E-state index contributed by atoms with van der Waals surface area (Å²) in [7, 11) is 0. The lowest BCUT2D eigenvalue weighted by Crippen LogP contribution is -2.17. The summed E-state index contributed by atoms with van der Waals surface area (Å²) in [4.78, 5) is 10.9. The summed E-state index contributed by atoms with van der Waals surface area (Å²) in [5.74, 6) is -0.304. The van der Waals surface area contributed by atoms with E-state index in [1.165, 1.54) is 22.3 Å². The van der Waals surface area contributed by atoms with E-state index in [1.807, 2.05) is 6.08 Å². The van der Waals surface area contributed by atoms with Crippen molar-refractivity contribution in [1.29, 1.82) is 0 Å². The minimum atomic E-state index is -0.788. The van der Waals surface area contributed by atoms with Gasteiger partial charge in [0.2, 0.25) is 0 Å². The quantitative estimate of drug-likeness (QED) is 0.217. The van der Waals surface area contributed by atoms with Crippen molar-refractivity contribution < 1.29 is 25.2 Å². The van der Waals surface area contributed by atoms with Gasteiger partial charge in [-0.15, -0.1) is 0 Å². The molecule has 36 heavy (non-hydrogen) atoms. The lowest BCUT2D eigenvalue weighted by atomic mass is 9.81. The molecule has 3 atom stereocenters. The van der Waals surface area contributed by atoms with Crippen LogP contribution in [0, 0.1) is 5.92 Å². The molecule has 0 saturated heterocycles. The third-order valence-corrected chi connectivity index (χ3v) is 7.41. The maximum Gasteiger partial charge on any atom is 0.303 e. The summed E-state index contributed by atoms with van der Waals surface area (Å²) in [6.07, 6.45) is 15.7. The number of carbonyl (C=O) groups is 1. The lowest BCUT2D eigenvalue weighted by molar-refractivity contribution is -0.137. The molecule has 1 aromatic rings. The Kier molecular flexibility index (Phi) is 14.7. The molecule has 0 unspecified atom stereocenters. The number of rotatable bonds is 15. The number of carboxylic acid groups (broad SMARTS) is 1. The Bertz CT molecular complexity index is 828. The van der Waals surface area contributed by atoms with E-state index < -0.39 is 18.2 Å². The molecule has 2 rings (SSSR count). The summed E-state index contributed by atoms with van der Waals surface area (Å²) in [6, 6.07) is 8.64. The number of hydrogen-bond donors (Lipinski definition) is 4. The maximum atomic E-state index is 10.9. The molecule has 1 aliphatic carbocycles. The van der Waals surface area contributed by atoms with Gasteiger partial charge in [-0.2, -0.15) is 0 Å². The van der Waals surface area contributed by atoms with Gasteiger partial charge in [-0.1, -0.05) is 87.4 Å². The van der Waals surface area contributed by atoms with Gasteiger partial charge >= 0.3 is 5.97 Å². The van der Waals surface area contributed by atoms with Crippen LogP contribution in [0.5, 0.6) is 0 Å². The van der Waals surface area contributed by atoms with Crippen molar-refractivity contribution in [3.63, 3.8) is 0 Å². The van der Waals surface area contributed by atoms with Crippen LogP contribution in [0.3, 0.4) is 0 Å². The molecule has 0 aromatic heterocycles. The molecule has 0 radical (unpaired) electrons. The van der Waals surface area contributed by atoms with E-state index in [1.54, 1.807) is 0 Å². The molecule has 1 aromatic carbocycles. The molecule has 0 saturated carbocycles. The Labute approximate surface area is 218 Å². The second kappa shape index (κ2) is 17.5. The Morgan fingerprint density at radius 3 is 2.47 bits per heavy atom. The zero-order valence-corrected chi connectivity index (χ0v) is 22.2. The Morgan fingerprint density at radius 1 is 1.03 bits per heavy atom. The van der Waals surface area contributed by atoms with Gasteiger partial charge < -0.3 is 20.4 Å². The van der Waals surface area contributed by atoms with Gasteiger partial charge in [0.15, 0.2) is 0 Å². The number of fused-ring (bicyclic) bond motifs is 1. The fourth-order valence-corrected chi connectivity index (χ4v) is 5.26. The highest BCUT2D eigenvalue weighted by atomic mass is 16.4. The largest absolute Gasteiger partial charge is 0.481 e. The Hall–Kier alpha value is -1.95. The molecule has 1 aliphatic rings. The number of carboxylic acids is 1. The van der Waals surface area contributed by atoms with Gasteiger partial charge in [-0.25, -0.2) is 0 Å². The molecule has 4 N–H and O–H groups in total. The summed E-state index contributed by atoms with van der Waals surface area (Å²) < 4.78 is 0. The highest BCUT2D eigenvalue weighted by Crippen LogP contribution is 2.32. The van der Waals surface area contributed by atoms with Gasteiger partial charge in [0.05, 0.1) is 18.8 Å². The number of hydrogen-bond acceptors (Lipinski definition) is 4. The van der Waals surface area contributed by atoms with Crippen LogP contribution in [0.4, 0.5) is 0 Å². The molecule has 0 amide bonds. The van der Waals surface area contributed by atoms with E-state index >= 15 is 0 Å². The average Bonchev–Trinajstić information content (AvgIpc) is 2.86. The van der Waals surface area contributed by atoms with E-state index in [0.717, 1.165) is 77.0 Å². The fourth-order valence-electron chi connectivity index (χ4n) is 5.26. The van der Waals surface area contributed by atoms with Crippen molar-refractivity contribution >= 4 is 5.97 Å². The van der Waals surface area contributed by atoms with Gasteiger partial charge in [0.1, 0.15) is 0 Å². The number of benzene rings is 1. The Morgan fingerprint density at radius 2 is 1.78 bits per heavy atom. The molecular formula is C31H48O5. The SMILES string of the molecule is CCCCC[C@H](O)C=CC1=C(C[C@H](O)CO)C[C@H](CCCCCC(=O)O)CCc2ccccc2CC1. The standard InChI is InChI=1S/C31H48O5/c1-2-3-5-13-29(33)20-19-27-18-17-26-12-9-8-11-25(26)16-15-24(10-6-4-7-14-31(35)36)21-28(27)22-30(34)23-32/h8-9,11-12,19-20,24,29-30,32-34H,2-7,10,13-18,21-23H2,1H3,(H,35,36)/t24-,29+,30+/m1/s1. The van der Waals surface area contributed by atoms with Crippen molar-refractivity contribution in [1.82, 2.24) is 0 Å². The molecule has 0 aliphatic heterocycles. The van der Waals surface area contributed by atoms with Gasteiger partial charge in [-0.05, 0) is 74.0 Å². The topological polar surface area (TPSA) is 98.0 Å². The zero-order valence-electron chi connectivity index (χ0n) is 22.2. The highest BCUT2D eigenvalue weighted by molar-refractivity contribution is 5.66. The normalized spacial score (nSPS) is 18.7. The van der Waals surface area contributed by atoms with E-state index in [9.17, 15) is 20.1 Å². The molecule has 0 fully saturated rings. The fraction of sp³-hybridized carbons (Fsp3) is 0.645. The predicted molar refractivity (Wildman–Crippen MR) is 146 cm³/mol. The number of aliphatic hydroxyl groups is 3. The number of allylic oxidation sites excluding steroid dienone is 2. The van der Waals surface area contributed by atoms with E-state index in [4.69, 9.17) is 5.11 Å². The minimum absolute atomic E-state index is 0.224. The maximum absolute atomic E-state index is 10.9. The lowest BCUT2D eigenvalue weighted by Gasteiger charge is -2.25. The van der Waals surface area contributed by atoms with Crippen LogP contribution in [0.15, 0.2) is 47.6 Å². The van der Waals surface area contributed by atoms with Crippen molar-refractivity contribution in [3.05, 3.63) is 58.7 Å². The van der Waals surface area contributed by atoms with Crippen molar-refractivity contribution in [2.45, 2.75) is 115 Å². The number of aliphatic carboxylic acids is 1. The smallest absolute Gasteiger partial charge is 0.303 e. The van der Waals surface area contributed by atoms with Crippen LogP contribution in [0.25, 0.3) is 0 Å². The van der Waals surface area contributed by atoms with Gasteiger partial charge in [0.25, 0.3) is 0 Å². The molecular weight excluding hydrogens is 452 g/mol. The van der Waals surface area contributed by atoms with Crippen molar-refractivity contribution in [2.75, 3.05) is 6.61 Å². The third kappa shape index (κ3) is 11.9. The number of unbranched alkanes of at least 4 members (excludes halogenated alkanes) is 4.